The predicted octanol–water partition coefficient (Wildman–Crippen LogP) is 0.0179. The fraction of sp³-hybridized carbons (Fsp3) is 0.438. The standard InChI is InChI=1S/C16H21N3O4/c1-10(20)18-14-9-19(8-13(14)15(21)17-2)16(22)11-4-6-12(23-3)7-5-11/h4-7,13-14H,8-9H2,1-3H3,(H,17,21)(H,18,20)/t13-,14-/m0/s1. The fourth-order valence-electron chi connectivity index (χ4n) is 2.74. The summed E-state index contributed by atoms with van der Waals surface area (Å²) in [6, 6.07) is 6.41. The van der Waals surface area contributed by atoms with Crippen LogP contribution in [0.25, 0.3) is 0 Å². The molecule has 0 unspecified atom stereocenters. The van der Waals surface area contributed by atoms with E-state index in [9.17, 15) is 14.4 Å². The maximum Gasteiger partial charge on any atom is 0.253 e. The van der Waals surface area contributed by atoms with Gasteiger partial charge in [0.2, 0.25) is 11.8 Å². The molecule has 0 aromatic heterocycles. The molecule has 124 valence electrons. The molecule has 1 aromatic rings. The monoisotopic (exact) mass is 319 g/mol. The number of nitrogens with one attached hydrogen (secondary N) is 2. The smallest absolute Gasteiger partial charge is 0.253 e. The van der Waals surface area contributed by atoms with Crippen LogP contribution >= 0.6 is 0 Å². The number of carbonyl (C=O) groups excluding carboxylic acids is 3. The van der Waals surface area contributed by atoms with Gasteiger partial charge in [-0.15, -0.1) is 0 Å². The molecular weight excluding hydrogens is 298 g/mol. The highest BCUT2D eigenvalue weighted by Crippen LogP contribution is 2.21. The average molecular weight is 319 g/mol. The summed E-state index contributed by atoms with van der Waals surface area (Å²) in [6.45, 7) is 1.98. The van der Waals surface area contributed by atoms with Gasteiger partial charge in [-0.1, -0.05) is 0 Å². The number of carbonyl (C=O) groups is 3. The number of hydrogen-bond acceptors (Lipinski definition) is 4. The van der Waals surface area contributed by atoms with Crippen molar-refractivity contribution in [2.75, 3.05) is 27.2 Å². The molecule has 0 bridgehead atoms. The summed E-state index contributed by atoms with van der Waals surface area (Å²) in [7, 11) is 3.10. The van der Waals surface area contributed by atoms with Gasteiger partial charge in [-0.25, -0.2) is 0 Å². The third-order valence-corrected chi connectivity index (χ3v) is 3.92. The number of likely N-dealkylation sites (tertiary alicyclic amines) is 1. The fourth-order valence-corrected chi connectivity index (χ4v) is 2.74. The lowest BCUT2D eigenvalue weighted by Crippen LogP contribution is -2.44. The first-order valence-corrected chi connectivity index (χ1v) is 7.38. The molecule has 1 saturated heterocycles. The van der Waals surface area contributed by atoms with Crippen LogP contribution in [0, 0.1) is 5.92 Å². The van der Waals surface area contributed by atoms with Crippen LogP contribution < -0.4 is 15.4 Å². The van der Waals surface area contributed by atoms with Gasteiger partial charge in [0.1, 0.15) is 5.75 Å². The number of amides is 3. The van der Waals surface area contributed by atoms with E-state index in [1.165, 1.54) is 6.92 Å². The maximum absolute atomic E-state index is 12.6. The first-order chi connectivity index (χ1) is 11.0. The van der Waals surface area contributed by atoms with Crippen LogP contribution in [0.5, 0.6) is 5.75 Å². The number of rotatable bonds is 4. The molecule has 1 fully saturated rings. The lowest BCUT2D eigenvalue weighted by Gasteiger charge is -2.17. The largest absolute Gasteiger partial charge is 0.497 e. The van der Waals surface area contributed by atoms with Crippen LogP contribution in [-0.2, 0) is 9.59 Å². The maximum atomic E-state index is 12.6. The van der Waals surface area contributed by atoms with E-state index in [0.29, 0.717) is 17.9 Å². The Morgan fingerprint density at radius 1 is 1.17 bits per heavy atom. The molecule has 0 spiro atoms. The average Bonchev–Trinajstić information content (AvgIpc) is 2.96. The Bertz CT molecular complexity index is 600. The van der Waals surface area contributed by atoms with E-state index >= 15 is 0 Å². The van der Waals surface area contributed by atoms with E-state index in [2.05, 4.69) is 10.6 Å². The second-order valence-electron chi connectivity index (χ2n) is 5.47. The van der Waals surface area contributed by atoms with Crippen molar-refractivity contribution >= 4 is 17.7 Å². The molecule has 3 amide bonds. The third-order valence-electron chi connectivity index (χ3n) is 3.92. The molecule has 7 nitrogen and oxygen atoms in total. The van der Waals surface area contributed by atoms with Crippen molar-refractivity contribution in [2.24, 2.45) is 5.92 Å². The molecule has 1 aliphatic rings. The minimum absolute atomic E-state index is 0.172. The lowest BCUT2D eigenvalue weighted by atomic mass is 10.0. The van der Waals surface area contributed by atoms with E-state index in [0.717, 1.165) is 0 Å². The zero-order chi connectivity index (χ0) is 17.0. The van der Waals surface area contributed by atoms with Gasteiger partial charge in [0, 0.05) is 32.6 Å². The van der Waals surface area contributed by atoms with Crippen LogP contribution in [-0.4, -0.2) is 55.9 Å². The summed E-state index contributed by atoms with van der Waals surface area (Å²) in [4.78, 5) is 37.5. The molecule has 7 heteroatoms. The van der Waals surface area contributed by atoms with Crippen molar-refractivity contribution in [1.29, 1.82) is 0 Å². The summed E-state index contributed by atoms with van der Waals surface area (Å²) in [5.41, 5.74) is 0.518. The molecule has 23 heavy (non-hydrogen) atoms. The molecule has 2 rings (SSSR count). The number of ether oxygens (including phenoxy) is 1. The second kappa shape index (κ2) is 7.13. The Morgan fingerprint density at radius 3 is 2.35 bits per heavy atom. The van der Waals surface area contributed by atoms with Gasteiger partial charge in [-0.3, -0.25) is 14.4 Å². The molecule has 2 atom stereocenters. The zero-order valence-corrected chi connectivity index (χ0v) is 13.5. The first-order valence-electron chi connectivity index (χ1n) is 7.38. The highest BCUT2D eigenvalue weighted by molar-refractivity contribution is 5.95. The SMILES string of the molecule is CNC(=O)[C@H]1CN(C(=O)c2ccc(OC)cc2)C[C@@H]1NC(C)=O. The predicted molar refractivity (Wildman–Crippen MR) is 84.1 cm³/mol. The van der Waals surface area contributed by atoms with Gasteiger partial charge in [0.15, 0.2) is 0 Å². The topological polar surface area (TPSA) is 87.7 Å². The molecule has 1 heterocycles. The van der Waals surface area contributed by atoms with Gasteiger partial charge < -0.3 is 20.3 Å². The number of benzene rings is 1. The number of methoxy groups -OCH3 is 1. The molecule has 2 N–H and O–H groups in total. The molecule has 0 aliphatic carbocycles. The van der Waals surface area contributed by atoms with Gasteiger partial charge >= 0.3 is 0 Å². The quantitative estimate of drug-likeness (QED) is 0.819. The molecule has 0 saturated carbocycles. The van der Waals surface area contributed by atoms with E-state index in [1.807, 2.05) is 0 Å². The van der Waals surface area contributed by atoms with Crippen molar-refractivity contribution in [3.63, 3.8) is 0 Å². The summed E-state index contributed by atoms with van der Waals surface area (Å²) in [6.07, 6.45) is 0. The lowest BCUT2D eigenvalue weighted by molar-refractivity contribution is -0.125. The summed E-state index contributed by atoms with van der Waals surface area (Å²) in [5.74, 6) is -0.362. The van der Waals surface area contributed by atoms with Gasteiger partial charge in [0.05, 0.1) is 19.1 Å². The van der Waals surface area contributed by atoms with E-state index < -0.39 is 5.92 Å². The molecule has 1 aromatic carbocycles. The number of nitrogens with zero attached hydrogens (tertiary/aromatic N) is 1. The van der Waals surface area contributed by atoms with Gasteiger partial charge in [-0.2, -0.15) is 0 Å². The van der Waals surface area contributed by atoms with Crippen LogP contribution in [0.1, 0.15) is 17.3 Å². The van der Waals surface area contributed by atoms with Crippen molar-refractivity contribution in [3.8, 4) is 5.75 Å². The Morgan fingerprint density at radius 2 is 1.83 bits per heavy atom. The number of hydrogen-bond donors (Lipinski definition) is 2. The Balaban J connectivity index is 2.14. The Hall–Kier alpha value is -2.57. The summed E-state index contributed by atoms with van der Waals surface area (Å²) in [5, 5.41) is 5.33. The summed E-state index contributed by atoms with van der Waals surface area (Å²) < 4.78 is 5.07. The first kappa shape index (κ1) is 16.8. The van der Waals surface area contributed by atoms with Crippen molar-refractivity contribution in [2.45, 2.75) is 13.0 Å². The molecule has 0 radical (unpaired) electrons. The van der Waals surface area contributed by atoms with Crippen molar-refractivity contribution in [3.05, 3.63) is 29.8 Å². The Labute approximate surface area is 135 Å². The van der Waals surface area contributed by atoms with Crippen LogP contribution in [0.15, 0.2) is 24.3 Å². The Kier molecular flexibility index (Phi) is 5.20. The normalized spacial score (nSPS) is 20.0. The molecule has 1 aliphatic heterocycles. The van der Waals surface area contributed by atoms with E-state index in [4.69, 9.17) is 4.74 Å². The minimum atomic E-state index is -0.453. The summed E-state index contributed by atoms with van der Waals surface area (Å²) >= 11 is 0. The van der Waals surface area contributed by atoms with Crippen molar-refractivity contribution < 1.29 is 19.1 Å². The van der Waals surface area contributed by atoms with E-state index in [-0.39, 0.29) is 30.3 Å². The van der Waals surface area contributed by atoms with Gasteiger partial charge in [-0.05, 0) is 24.3 Å². The van der Waals surface area contributed by atoms with Gasteiger partial charge in [0.25, 0.3) is 5.91 Å². The van der Waals surface area contributed by atoms with Crippen molar-refractivity contribution in [1.82, 2.24) is 15.5 Å². The zero-order valence-electron chi connectivity index (χ0n) is 13.5. The highest BCUT2D eigenvalue weighted by atomic mass is 16.5. The van der Waals surface area contributed by atoms with Crippen LogP contribution in [0.4, 0.5) is 0 Å². The second-order valence-corrected chi connectivity index (χ2v) is 5.47. The molecular formula is C16H21N3O4. The third kappa shape index (κ3) is 3.80. The minimum Gasteiger partial charge on any atom is -0.497 e. The van der Waals surface area contributed by atoms with Crippen LogP contribution in [0.2, 0.25) is 0 Å². The van der Waals surface area contributed by atoms with E-state index in [1.54, 1.807) is 43.3 Å². The van der Waals surface area contributed by atoms with Crippen LogP contribution in [0.3, 0.4) is 0 Å². The highest BCUT2D eigenvalue weighted by Gasteiger charge is 2.39.